The van der Waals surface area contributed by atoms with Crippen LogP contribution >= 0.6 is 11.3 Å². The molecule has 2 aromatic rings. The Morgan fingerprint density at radius 1 is 1.43 bits per heavy atom. The van der Waals surface area contributed by atoms with Crippen molar-refractivity contribution < 1.29 is 9.53 Å². The van der Waals surface area contributed by atoms with E-state index in [-0.39, 0.29) is 6.04 Å². The van der Waals surface area contributed by atoms with Gasteiger partial charge in [-0.15, -0.1) is 11.3 Å². The van der Waals surface area contributed by atoms with E-state index >= 15 is 0 Å². The van der Waals surface area contributed by atoms with Crippen LogP contribution in [-0.2, 0) is 0 Å². The number of carbonyl (C=O) groups excluding carboxylic acids is 1. The first-order chi connectivity index (χ1) is 9.92. The Hall–Kier alpha value is -2.08. The van der Waals surface area contributed by atoms with Gasteiger partial charge in [0, 0.05) is 10.4 Å². The van der Waals surface area contributed by atoms with E-state index in [0.29, 0.717) is 11.3 Å². The average molecular weight is 305 g/mol. The van der Waals surface area contributed by atoms with Crippen LogP contribution in [0.15, 0.2) is 18.2 Å². The summed E-state index contributed by atoms with van der Waals surface area (Å²) in [5.74, 6) is 0.212. The first-order valence-electron chi connectivity index (χ1n) is 6.60. The van der Waals surface area contributed by atoms with Gasteiger partial charge in [-0.1, -0.05) is 0 Å². The van der Waals surface area contributed by atoms with Crippen molar-refractivity contribution in [3.8, 4) is 5.75 Å². The Bertz CT molecular complexity index is 667. The number of hydrogen-bond donors (Lipinski definition) is 2. The number of hydrogen-bond acceptors (Lipinski definition) is 5. The summed E-state index contributed by atoms with van der Waals surface area (Å²) in [5.41, 5.74) is 7.53. The Kier molecular flexibility index (Phi) is 4.47. The number of primary amides is 1. The first kappa shape index (κ1) is 15.3. The van der Waals surface area contributed by atoms with Crippen LogP contribution < -0.4 is 15.8 Å². The zero-order valence-corrected chi connectivity index (χ0v) is 13.4. The number of thiazole rings is 1. The molecular weight excluding hydrogens is 286 g/mol. The van der Waals surface area contributed by atoms with E-state index in [1.54, 1.807) is 36.6 Å². The van der Waals surface area contributed by atoms with Crippen LogP contribution in [0.5, 0.6) is 5.75 Å². The van der Waals surface area contributed by atoms with Crippen molar-refractivity contribution in [2.45, 2.75) is 26.8 Å². The molecule has 0 saturated carbocycles. The average Bonchev–Trinajstić information content (AvgIpc) is 2.77. The molecule has 0 saturated heterocycles. The lowest BCUT2D eigenvalue weighted by atomic mass is 10.1. The van der Waals surface area contributed by atoms with Gasteiger partial charge in [-0.05, 0) is 39.0 Å². The minimum atomic E-state index is -0.460. The van der Waals surface area contributed by atoms with Crippen molar-refractivity contribution in [1.82, 2.24) is 4.98 Å². The largest absolute Gasteiger partial charge is 0.495 e. The van der Waals surface area contributed by atoms with Crippen molar-refractivity contribution in [1.29, 1.82) is 0 Å². The number of amides is 1. The smallest absolute Gasteiger partial charge is 0.248 e. The SMILES string of the molecule is COc1ccc(C(N)=O)cc1NC(C)c1sc(C)nc1C. The highest BCUT2D eigenvalue weighted by Crippen LogP contribution is 2.32. The van der Waals surface area contributed by atoms with Crippen LogP contribution in [0.4, 0.5) is 5.69 Å². The van der Waals surface area contributed by atoms with Gasteiger partial charge in [-0.3, -0.25) is 4.79 Å². The number of rotatable bonds is 5. The highest BCUT2D eigenvalue weighted by atomic mass is 32.1. The quantitative estimate of drug-likeness (QED) is 0.890. The molecule has 0 aliphatic heterocycles. The molecule has 0 bridgehead atoms. The van der Waals surface area contributed by atoms with Gasteiger partial charge in [0.15, 0.2) is 0 Å². The Morgan fingerprint density at radius 3 is 2.67 bits per heavy atom. The number of ether oxygens (including phenoxy) is 1. The maximum atomic E-state index is 11.3. The summed E-state index contributed by atoms with van der Waals surface area (Å²) in [6.45, 7) is 6.03. The number of benzene rings is 1. The van der Waals surface area contributed by atoms with E-state index in [9.17, 15) is 4.79 Å². The summed E-state index contributed by atoms with van der Waals surface area (Å²) in [4.78, 5) is 16.9. The lowest BCUT2D eigenvalue weighted by Gasteiger charge is -2.17. The molecule has 1 aromatic carbocycles. The fraction of sp³-hybridized carbons (Fsp3) is 0.333. The third-order valence-electron chi connectivity index (χ3n) is 3.19. The molecule has 1 heterocycles. The van der Waals surface area contributed by atoms with Gasteiger partial charge in [0.25, 0.3) is 0 Å². The standard InChI is InChI=1S/C15H19N3O2S/c1-8-14(21-10(3)17-8)9(2)18-12-7-11(15(16)19)5-6-13(12)20-4/h5-7,9,18H,1-4H3,(H2,16,19). The number of nitrogens with one attached hydrogen (secondary N) is 1. The van der Waals surface area contributed by atoms with Gasteiger partial charge in [0.05, 0.1) is 29.5 Å². The molecule has 0 aliphatic carbocycles. The number of aromatic nitrogens is 1. The second kappa shape index (κ2) is 6.13. The van der Waals surface area contributed by atoms with Gasteiger partial charge < -0.3 is 15.8 Å². The molecule has 2 rings (SSSR count). The molecule has 21 heavy (non-hydrogen) atoms. The summed E-state index contributed by atoms with van der Waals surface area (Å²) >= 11 is 1.66. The number of methoxy groups -OCH3 is 1. The van der Waals surface area contributed by atoms with Crippen molar-refractivity contribution in [2.75, 3.05) is 12.4 Å². The molecule has 1 unspecified atom stereocenters. The topological polar surface area (TPSA) is 77.2 Å². The molecular formula is C15H19N3O2S. The molecule has 1 amide bonds. The molecule has 0 fully saturated rings. The molecule has 0 radical (unpaired) electrons. The van der Waals surface area contributed by atoms with Crippen molar-refractivity contribution >= 4 is 22.9 Å². The molecule has 112 valence electrons. The predicted octanol–water partition coefficient (Wildman–Crippen LogP) is 3.04. The summed E-state index contributed by atoms with van der Waals surface area (Å²) in [6.07, 6.45) is 0. The van der Waals surface area contributed by atoms with Gasteiger partial charge in [-0.25, -0.2) is 4.98 Å². The summed E-state index contributed by atoms with van der Waals surface area (Å²) in [5, 5.41) is 4.40. The fourth-order valence-corrected chi connectivity index (χ4v) is 3.15. The predicted molar refractivity (Wildman–Crippen MR) is 85.1 cm³/mol. The number of nitrogens with two attached hydrogens (primary N) is 1. The molecule has 1 atom stereocenters. The minimum Gasteiger partial charge on any atom is -0.495 e. The number of nitrogens with zero attached hydrogens (tertiary/aromatic N) is 1. The number of aryl methyl sites for hydroxylation is 2. The van der Waals surface area contributed by atoms with Crippen LogP contribution in [0.2, 0.25) is 0 Å². The van der Waals surface area contributed by atoms with E-state index < -0.39 is 5.91 Å². The second-order valence-corrected chi connectivity index (χ2v) is 6.06. The maximum absolute atomic E-state index is 11.3. The zero-order chi connectivity index (χ0) is 15.6. The normalized spacial score (nSPS) is 12.0. The highest BCUT2D eigenvalue weighted by molar-refractivity contribution is 7.11. The third kappa shape index (κ3) is 3.33. The third-order valence-corrected chi connectivity index (χ3v) is 4.44. The first-order valence-corrected chi connectivity index (χ1v) is 7.42. The maximum Gasteiger partial charge on any atom is 0.248 e. The highest BCUT2D eigenvalue weighted by Gasteiger charge is 2.15. The van der Waals surface area contributed by atoms with Crippen LogP contribution in [0.25, 0.3) is 0 Å². The van der Waals surface area contributed by atoms with Crippen LogP contribution in [0.1, 0.15) is 38.9 Å². The van der Waals surface area contributed by atoms with Crippen molar-refractivity contribution in [3.05, 3.63) is 39.3 Å². The Balaban J connectivity index is 2.31. The minimum absolute atomic E-state index is 0.0632. The van der Waals surface area contributed by atoms with Gasteiger partial charge >= 0.3 is 0 Å². The number of carbonyl (C=O) groups is 1. The molecule has 0 aliphatic rings. The monoisotopic (exact) mass is 305 g/mol. The van der Waals surface area contributed by atoms with Gasteiger partial charge in [0.1, 0.15) is 5.75 Å². The lowest BCUT2D eigenvalue weighted by molar-refractivity contribution is 0.100. The van der Waals surface area contributed by atoms with E-state index in [1.807, 2.05) is 13.8 Å². The summed E-state index contributed by atoms with van der Waals surface area (Å²) in [6, 6.07) is 5.16. The van der Waals surface area contributed by atoms with Crippen LogP contribution in [-0.4, -0.2) is 18.0 Å². The lowest BCUT2D eigenvalue weighted by Crippen LogP contribution is -2.13. The van der Waals surface area contributed by atoms with Gasteiger partial charge in [0.2, 0.25) is 5.91 Å². The summed E-state index contributed by atoms with van der Waals surface area (Å²) < 4.78 is 5.33. The summed E-state index contributed by atoms with van der Waals surface area (Å²) in [7, 11) is 1.59. The second-order valence-electron chi connectivity index (χ2n) is 4.83. The van der Waals surface area contributed by atoms with Crippen molar-refractivity contribution in [2.24, 2.45) is 5.73 Å². The molecule has 3 N–H and O–H groups in total. The van der Waals surface area contributed by atoms with Crippen LogP contribution in [0, 0.1) is 13.8 Å². The zero-order valence-electron chi connectivity index (χ0n) is 12.6. The fourth-order valence-electron chi connectivity index (χ4n) is 2.22. The van der Waals surface area contributed by atoms with E-state index in [2.05, 4.69) is 17.2 Å². The molecule has 6 heteroatoms. The molecule has 0 spiro atoms. The Morgan fingerprint density at radius 2 is 2.14 bits per heavy atom. The molecule has 5 nitrogen and oxygen atoms in total. The Labute approximate surface area is 128 Å². The number of anilines is 1. The van der Waals surface area contributed by atoms with Crippen molar-refractivity contribution in [3.63, 3.8) is 0 Å². The van der Waals surface area contributed by atoms with E-state index in [0.717, 1.165) is 16.4 Å². The molecule has 1 aromatic heterocycles. The van der Waals surface area contributed by atoms with E-state index in [4.69, 9.17) is 10.5 Å². The van der Waals surface area contributed by atoms with Crippen LogP contribution in [0.3, 0.4) is 0 Å². The van der Waals surface area contributed by atoms with E-state index in [1.165, 1.54) is 4.88 Å². The van der Waals surface area contributed by atoms with Gasteiger partial charge in [-0.2, -0.15) is 0 Å².